The third-order valence-electron chi connectivity index (χ3n) is 5.00. The summed E-state index contributed by atoms with van der Waals surface area (Å²) in [6, 6.07) is 0. The van der Waals surface area contributed by atoms with Crippen molar-refractivity contribution in [1.82, 2.24) is 4.90 Å². The number of carboxylic acids is 1. The molecule has 3 rings (SSSR count). The topological polar surface area (TPSA) is 40.5 Å². The van der Waals surface area contributed by atoms with Crippen LogP contribution in [-0.2, 0) is 4.79 Å². The summed E-state index contributed by atoms with van der Waals surface area (Å²) in [6.45, 7) is 4.43. The highest BCUT2D eigenvalue weighted by molar-refractivity contribution is 5.75. The summed E-state index contributed by atoms with van der Waals surface area (Å²) in [4.78, 5) is 13.7. The Labute approximate surface area is 97.8 Å². The fraction of sp³-hybridized carbons (Fsp3) is 0.923. The molecule has 0 aromatic rings. The van der Waals surface area contributed by atoms with Gasteiger partial charge < -0.3 is 10.0 Å². The minimum Gasteiger partial charge on any atom is -0.481 e. The summed E-state index contributed by atoms with van der Waals surface area (Å²) in [5, 5.41) is 9.31. The van der Waals surface area contributed by atoms with Crippen molar-refractivity contribution in [2.45, 2.75) is 45.4 Å². The molecule has 3 aliphatic rings. The first-order valence-electron chi connectivity index (χ1n) is 6.44. The van der Waals surface area contributed by atoms with E-state index in [9.17, 15) is 9.90 Å². The number of carbonyl (C=O) groups is 1. The Kier molecular flexibility index (Phi) is 2.99. The molecule has 1 N–H and O–H groups in total. The molecule has 0 saturated heterocycles. The molecule has 3 fully saturated rings. The third-order valence-corrected chi connectivity index (χ3v) is 5.00. The van der Waals surface area contributed by atoms with E-state index in [4.69, 9.17) is 0 Å². The standard InChI is InChI=1S/C13H23NO2/c1-3-14(2)10-12-4-7-13(8-5-12,9-6-12)11(15)16/h3-10H2,1-2H3,(H,15,16). The Hall–Kier alpha value is -0.570. The summed E-state index contributed by atoms with van der Waals surface area (Å²) in [7, 11) is 2.17. The van der Waals surface area contributed by atoms with E-state index in [0.29, 0.717) is 5.41 Å². The van der Waals surface area contributed by atoms with Crippen LogP contribution in [0, 0.1) is 10.8 Å². The molecule has 0 unspecified atom stereocenters. The molecule has 0 aliphatic heterocycles. The average Bonchev–Trinajstić information content (AvgIpc) is 2.30. The van der Waals surface area contributed by atoms with Gasteiger partial charge in [0.1, 0.15) is 0 Å². The van der Waals surface area contributed by atoms with Crippen molar-refractivity contribution < 1.29 is 9.90 Å². The number of nitrogens with zero attached hydrogens (tertiary/aromatic N) is 1. The number of hydrogen-bond acceptors (Lipinski definition) is 2. The molecular weight excluding hydrogens is 202 g/mol. The lowest BCUT2D eigenvalue weighted by Crippen LogP contribution is -2.49. The summed E-state index contributed by atoms with van der Waals surface area (Å²) < 4.78 is 0. The molecule has 0 amide bonds. The first kappa shape index (κ1) is 11.9. The molecule has 0 heterocycles. The normalized spacial score (nSPS) is 37.9. The van der Waals surface area contributed by atoms with Gasteiger partial charge in [-0.05, 0) is 57.5 Å². The Balaban J connectivity index is 2.03. The van der Waals surface area contributed by atoms with E-state index < -0.39 is 5.97 Å². The first-order chi connectivity index (χ1) is 7.52. The molecule has 92 valence electrons. The Bertz CT molecular complexity index is 263. The molecule has 0 radical (unpaired) electrons. The van der Waals surface area contributed by atoms with Crippen LogP contribution < -0.4 is 0 Å². The molecule has 2 bridgehead atoms. The van der Waals surface area contributed by atoms with Gasteiger partial charge in [-0.2, -0.15) is 0 Å². The lowest BCUT2D eigenvalue weighted by molar-refractivity contribution is -0.159. The maximum absolute atomic E-state index is 11.3. The maximum Gasteiger partial charge on any atom is 0.309 e. The van der Waals surface area contributed by atoms with Crippen LogP contribution in [0.4, 0.5) is 0 Å². The van der Waals surface area contributed by atoms with E-state index in [1.54, 1.807) is 0 Å². The zero-order valence-electron chi connectivity index (χ0n) is 10.5. The van der Waals surface area contributed by atoms with Crippen molar-refractivity contribution in [1.29, 1.82) is 0 Å². The quantitative estimate of drug-likeness (QED) is 0.798. The molecular formula is C13H23NO2. The van der Waals surface area contributed by atoms with Gasteiger partial charge in [-0.15, -0.1) is 0 Å². The van der Waals surface area contributed by atoms with E-state index in [2.05, 4.69) is 18.9 Å². The second kappa shape index (κ2) is 4.02. The van der Waals surface area contributed by atoms with Crippen LogP contribution in [-0.4, -0.2) is 36.1 Å². The lowest BCUT2D eigenvalue weighted by atomic mass is 9.53. The van der Waals surface area contributed by atoms with Crippen molar-refractivity contribution in [2.24, 2.45) is 10.8 Å². The van der Waals surface area contributed by atoms with Crippen molar-refractivity contribution in [3.05, 3.63) is 0 Å². The van der Waals surface area contributed by atoms with Crippen LogP contribution in [0.15, 0.2) is 0 Å². The SMILES string of the molecule is CCN(C)CC12CCC(C(=O)O)(CC1)CC2. The van der Waals surface area contributed by atoms with Crippen LogP contribution in [0.2, 0.25) is 0 Å². The van der Waals surface area contributed by atoms with E-state index in [1.807, 2.05) is 0 Å². The summed E-state index contributed by atoms with van der Waals surface area (Å²) >= 11 is 0. The van der Waals surface area contributed by atoms with Gasteiger partial charge >= 0.3 is 5.97 Å². The molecule has 3 saturated carbocycles. The minimum absolute atomic E-state index is 0.355. The third kappa shape index (κ3) is 1.86. The molecule has 3 nitrogen and oxygen atoms in total. The van der Waals surface area contributed by atoms with Crippen molar-refractivity contribution >= 4 is 5.97 Å². The van der Waals surface area contributed by atoms with Crippen molar-refractivity contribution in [2.75, 3.05) is 20.1 Å². The van der Waals surface area contributed by atoms with Gasteiger partial charge in [-0.3, -0.25) is 4.79 Å². The molecule has 0 aromatic carbocycles. The number of fused-ring (bicyclic) bond motifs is 3. The number of rotatable bonds is 4. The Morgan fingerprint density at radius 3 is 2.06 bits per heavy atom. The van der Waals surface area contributed by atoms with Crippen LogP contribution in [0.25, 0.3) is 0 Å². The first-order valence-corrected chi connectivity index (χ1v) is 6.44. The zero-order valence-corrected chi connectivity index (χ0v) is 10.5. The van der Waals surface area contributed by atoms with E-state index in [0.717, 1.165) is 51.6 Å². The number of hydrogen-bond donors (Lipinski definition) is 1. The largest absolute Gasteiger partial charge is 0.481 e. The highest BCUT2D eigenvalue weighted by Crippen LogP contribution is 2.57. The Morgan fingerprint density at radius 1 is 1.19 bits per heavy atom. The molecule has 0 spiro atoms. The summed E-state index contributed by atoms with van der Waals surface area (Å²) in [5.41, 5.74) is 0.0779. The van der Waals surface area contributed by atoms with Crippen LogP contribution in [0.3, 0.4) is 0 Å². The smallest absolute Gasteiger partial charge is 0.309 e. The van der Waals surface area contributed by atoms with Gasteiger partial charge in [-0.1, -0.05) is 6.92 Å². The predicted octanol–water partition coefficient (Wildman–Crippen LogP) is 2.36. The van der Waals surface area contributed by atoms with Gasteiger partial charge in [-0.25, -0.2) is 0 Å². The summed E-state index contributed by atoms with van der Waals surface area (Å²) in [5.74, 6) is -0.551. The maximum atomic E-state index is 11.3. The highest BCUT2D eigenvalue weighted by Gasteiger charge is 2.52. The van der Waals surface area contributed by atoms with E-state index in [1.165, 1.54) is 0 Å². The molecule has 3 heteroatoms. The minimum atomic E-state index is -0.551. The van der Waals surface area contributed by atoms with Crippen LogP contribution >= 0.6 is 0 Å². The van der Waals surface area contributed by atoms with E-state index in [-0.39, 0.29) is 5.41 Å². The number of carboxylic acid groups (broad SMARTS) is 1. The van der Waals surface area contributed by atoms with Gasteiger partial charge in [0.05, 0.1) is 5.41 Å². The molecule has 0 aromatic heterocycles. The fourth-order valence-electron chi connectivity index (χ4n) is 3.51. The van der Waals surface area contributed by atoms with E-state index >= 15 is 0 Å². The second-order valence-electron chi connectivity index (χ2n) is 5.92. The average molecular weight is 225 g/mol. The monoisotopic (exact) mass is 225 g/mol. The highest BCUT2D eigenvalue weighted by atomic mass is 16.4. The van der Waals surface area contributed by atoms with Crippen molar-refractivity contribution in [3.8, 4) is 0 Å². The van der Waals surface area contributed by atoms with Crippen molar-refractivity contribution in [3.63, 3.8) is 0 Å². The van der Waals surface area contributed by atoms with Gasteiger partial charge in [0.2, 0.25) is 0 Å². The summed E-state index contributed by atoms with van der Waals surface area (Å²) in [6.07, 6.45) is 6.05. The van der Waals surface area contributed by atoms with Crippen LogP contribution in [0.1, 0.15) is 45.4 Å². The fourth-order valence-corrected chi connectivity index (χ4v) is 3.51. The van der Waals surface area contributed by atoms with Gasteiger partial charge in [0.25, 0.3) is 0 Å². The molecule has 16 heavy (non-hydrogen) atoms. The predicted molar refractivity (Wildman–Crippen MR) is 63.4 cm³/mol. The Morgan fingerprint density at radius 2 is 1.69 bits per heavy atom. The number of aliphatic carboxylic acids is 1. The van der Waals surface area contributed by atoms with Gasteiger partial charge in [0, 0.05) is 6.54 Å². The molecule has 3 aliphatic carbocycles. The van der Waals surface area contributed by atoms with Crippen LogP contribution in [0.5, 0.6) is 0 Å². The second-order valence-corrected chi connectivity index (χ2v) is 5.92. The molecule has 0 atom stereocenters. The lowest BCUT2D eigenvalue weighted by Gasteiger charge is -2.52. The van der Waals surface area contributed by atoms with Gasteiger partial charge in [0.15, 0.2) is 0 Å². The zero-order chi connectivity index (χ0) is 11.8.